The van der Waals surface area contributed by atoms with E-state index in [4.69, 9.17) is 10.5 Å². The van der Waals surface area contributed by atoms with Crippen LogP contribution in [0.4, 0.5) is 8.78 Å². The zero-order chi connectivity index (χ0) is 14.7. The highest BCUT2D eigenvalue weighted by Crippen LogP contribution is 2.31. The molecule has 1 aromatic rings. The van der Waals surface area contributed by atoms with Crippen molar-refractivity contribution >= 4 is 5.91 Å². The highest BCUT2D eigenvalue weighted by Gasteiger charge is 2.33. The number of hydrogen-bond acceptors (Lipinski definition) is 3. The number of rotatable bonds is 5. The van der Waals surface area contributed by atoms with Crippen LogP contribution in [0.2, 0.25) is 0 Å². The normalized spacial score (nSPS) is 23.8. The Morgan fingerprint density at radius 3 is 2.80 bits per heavy atom. The van der Waals surface area contributed by atoms with E-state index in [0.29, 0.717) is 25.1 Å². The second-order valence-corrected chi connectivity index (χ2v) is 5.06. The Labute approximate surface area is 116 Å². The first-order valence-corrected chi connectivity index (χ1v) is 6.50. The van der Waals surface area contributed by atoms with Crippen LogP contribution in [0.1, 0.15) is 18.1 Å². The number of carbonyl (C=O) groups excluding carboxylic acids is 1. The fourth-order valence-electron chi connectivity index (χ4n) is 2.67. The van der Waals surface area contributed by atoms with Gasteiger partial charge in [-0.2, -0.15) is 0 Å². The van der Waals surface area contributed by atoms with Gasteiger partial charge in [-0.15, -0.1) is 0 Å². The second kappa shape index (κ2) is 6.28. The Kier molecular flexibility index (Phi) is 4.67. The van der Waals surface area contributed by atoms with Crippen molar-refractivity contribution in [1.82, 2.24) is 5.32 Å². The monoisotopic (exact) mass is 284 g/mol. The SMILES string of the molecule is COC(CC1CNCC1C(N)=O)c1ccc(F)c(F)c1. The molecule has 110 valence electrons. The molecule has 6 heteroatoms. The van der Waals surface area contributed by atoms with Crippen molar-refractivity contribution < 1.29 is 18.3 Å². The molecule has 1 aromatic carbocycles. The number of benzene rings is 1. The van der Waals surface area contributed by atoms with Gasteiger partial charge in [0.25, 0.3) is 0 Å². The lowest BCUT2D eigenvalue weighted by Crippen LogP contribution is -2.30. The molecule has 3 atom stereocenters. The molecule has 0 saturated carbocycles. The lowest BCUT2D eigenvalue weighted by atomic mass is 9.88. The Balaban J connectivity index is 2.12. The van der Waals surface area contributed by atoms with Gasteiger partial charge in [0, 0.05) is 13.7 Å². The number of carbonyl (C=O) groups is 1. The molecule has 20 heavy (non-hydrogen) atoms. The largest absolute Gasteiger partial charge is 0.377 e. The van der Waals surface area contributed by atoms with Gasteiger partial charge in [-0.3, -0.25) is 4.79 Å². The molecule has 1 heterocycles. The van der Waals surface area contributed by atoms with E-state index in [2.05, 4.69) is 5.32 Å². The van der Waals surface area contributed by atoms with Crippen molar-refractivity contribution in [3.63, 3.8) is 0 Å². The van der Waals surface area contributed by atoms with E-state index < -0.39 is 17.7 Å². The first kappa shape index (κ1) is 14.9. The fraction of sp³-hybridized carbons (Fsp3) is 0.500. The average Bonchev–Trinajstić information content (AvgIpc) is 2.87. The van der Waals surface area contributed by atoms with Gasteiger partial charge in [-0.25, -0.2) is 8.78 Å². The van der Waals surface area contributed by atoms with Crippen LogP contribution >= 0.6 is 0 Å². The molecule has 1 aliphatic heterocycles. The summed E-state index contributed by atoms with van der Waals surface area (Å²) in [5.74, 6) is -2.36. The molecule has 1 aliphatic rings. The van der Waals surface area contributed by atoms with Crippen LogP contribution in [-0.4, -0.2) is 26.1 Å². The molecule has 3 unspecified atom stereocenters. The second-order valence-electron chi connectivity index (χ2n) is 5.06. The summed E-state index contributed by atoms with van der Waals surface area (Å²) in [7, 11) is 1.51. The molecule has 1 fully saturated rings. The summed E-state index contributed by atoms with van der Waals surface area (Å²) in [6.07, 6.45) is 0.138. The highest BCUT2D eigenvalue weighted by atomic mass is 19.2. The van der Waals surface area contributed by atoms with Crippen LogP contribution in [0.3, 0.4) is 0 Å². The van der Waals surface area contributed by atoms with Gasteiger partial charge < -0.3 is 15.8 Å². The topological polar surface area (TPSA) is 64.3 Å². The number of methoxy groups -OCH3 is 1. The average molecular weight is 284 g/mol. The van der Waals surface area contributed by atoms with Gasteiger partial charge in [0.2, 0.25) is 5.91 Å². The van der Waals surface area contributed by atoms with E-state index in [-0.39, 0.29) is 17.7 Å². The molecule has 0 radical (unpaired) electrons. The Morgan fingerprint density at radius 2 is 2.20 bits per heavy atom. The fourth-order valence-corrected chi connectivity index (χ4v) is 2.67. The molecule has 2 rings (SSSR count). The summed E-state index contributed by atoms with van der Waals surface area (Å²) in [6.45, 7) is 1.21. The Bertz CT molecular complexity index is 496. The smallest absolute Gasteiger partial charge is 0.222 e. The Morgan fingerprint density at radius 1 is 1.45 bits per heavy atom. The summed E-state index contributed by atoms with van der Waals surface area (Å²) in [5, 5.41) is 3.11. The molecule has 3 N–H and O–H groups in total. The van der Waals surface area contributed by atoms with Crippen molar-refractivity contribution in [2.24, 2.45) is 17.6 Å². The number of nitrogens with one attached hydrogen (secondary N) is 1. The summed E-state index contributed by atoms with van der Waals surface area (Å²) in [6, 6.07) is 3.70. The van der Waals surface area contributed by atoms with E-state index in [1.165, 1.54) is 13.2 Å². The van der Waals surface area contributed by atoms with Crippen molar-refractivity contribution in [3.8, 4) is 0 Å². The minimum Gasteiger partial charge on any atom is -0.377 e. The molecule has 0 bridgehead atoms. The standard InChI is InChI=1S/C14H18F2N2O2/c1-20-13(8-2-3-11(15)12(16)4-8)5-9-6-18-7-10(9)14(17)19/h2-4,9-10,13,18H,5-7H2,1H3,(H2,17,19). The van der Waals surface area contributed by atoms with Crippen LogP contribution in [0, 0.1) is 23.5 Å². The lowest BCUT2D eigenvalue weighted by Gasteiger charge is -2.22. The number of primary amides is 1. The van der Waals surface area contributed by atoms with Crippen LogP contribution in [-0.2, 0) is 9.53 Å². The van der Waals surface area contributed by atoms with Gasteiger partial charge in [-0.05, 0) is 36.6 Å². The molecule has 4 nitrogen and oxygen atoms in total. The number of nitrogens with two attached hydrogens (primary N) is 1. The quantitative estimate of drug-likeness (QED) is 0.858. The first-order chi connectivity index (χ1) is 9.52. The van der Waals surface area contributed by atoms with Gasteiger partial charge in [0.1, 0.15) is 0 Å². The lowest BCUT2D eigenvalue weighted by molar-refractivity contribution is -0.122. The van der Waals surface area contributed by atoms with E-state index in [1.807, 2.05) is 0 Å². The third-order valence-electron chi connectivity index (χ3n) is 3.82. The summed E-state index contributed by atoms with van der Waals surface area (Å²) >= 11 is 0. The minimum atomic E-state index is -0.902. The number of ether oxygens (including phenoxy) is 1. The van der Waals surface area contributed by atoms with Crippen molar-refractivity contribution in [2.75, 3.05) is 20.2 Å². The molecule has 0 spiro atoms. The summed E-state index contributed by atoms with van der Waals surface area (Å²) in [4.78, 5) is 11.3. The molecule has 0 aromatic heterocycles. The van der Waals surface area contributed by atoms with E-state index in [1.54, 1.807) is 0 Å². The van der Waals surface area contributed by atoms with Crippen LogP contribution < -0.4 is 11.1 Å². The van der Waals surface area contributed by atoms with Crippen molar-refractivity contribution in [1.29, 1.82) is 0 Å². The zero-order valence-corrected chi connectivity index (χ0v) is 11.2. The minimum absolute atomic E-state index is 0.0329. The highest BCUT2D eigenvalue weighted by molar-refractivity contribution is 5.77. The van der Waals surface area contributed by atoms with Crippen LogP contribution in [0.5, 0.6) is 0 Å². The van der Waals surface area contributed by atoms with Gasteiger partial charge in [0.05, 0.1) is 12.0 Å². The van der Waals surface area contributed by atoms with E-state index in [9.17, 15) is 13.6 Å². The number of amides is 1. The van der Waals surface area contributed by atoms with E-state index in [0.717, 1.165) is 12.1 Å². The van der Waals surface area contributed by atoms with Crippen molar-refractivity contribution in [3.05, 3.63) is 35.4 Å². The zero-order valence-electron chi connectivity index (χ0n) is 11.2. The maximum absolute atomic E-state index is 13.3. The Hall–Kier alpha value is -1.53. The molecule has 1 saturated heterocycles. The predicted octanol–water partition coefficient (Wildman–Crippen LogP) is 1.36. The summed E-state index contributed by atoms with van der Waals surface area (Å²) < 4.78 is 31.6. The molecule has 0 aliphatic carbocycles. The maximum atomic E-state index is 13.3. The summed E-state index contributed by atoms with van der Waals surface area (Å²) in [5.41, 5.74) is 5.92. The van der Waals surface area contributed by atoms with Crippen LogP contribution in [0.25, 0.3) is 0 Å². The molecular weight excluding hydrogens is 266 g/mol. The van der Waals surface area contributed by atoms with Crippen molar-refractivity contribution in [2.45, 2.75) is 12.5 Å². The third kappa shape index (κ3) is 3.13. The maximum Gasteiger partial charge on any atom is 0.222 e. The van der Waals surface area contributed by atoms with Gasteiger partial charge in [-0.1, -0.05) is 6.07 Å². The van der Waals surface area contributed by atoms with E-state index >= 15 is 0 Å². The molecule has 1 amide bonds. The molecular formula is C14H18F2N2O2. The first-order valence-electron chi connectivity index (χ1n) is 6.50. The number of hydrogen-bond donors (Lipinski definition) is 2. The number of halogens is 2. The van der Waals surface area contributed by atoms with Gasteiger partial charge in [0.15, 0.2) is 11.6 Å². The third-order valence-corrected chi connectivity index (χ3v) is 3.82. The predicted molar refractivity (Wildman–Crippen MR) is 69.8 cm³/mol. The van der Waals surface area contributed by atoms with Gasteiger partial charge >= 0.3 is 0 Å². The van der Waals surface area contributed by atoms with Crippen LogP contribution in [0.15, 0.2) is 18.2 Å².